The van der Waals surface area contributed by atoms with E-state index in [1.165, 1.54) is 25.7 Å². The Balaban J connectivity index is 2.64. The van der Waals surface area contributed by atoms with Gasteiger partial charge >= 0.3 is 0 Å². The normalized spacial score (nSPS) is 23.0. The van der Waals surface area contributed by atoms with Crippen molar-refractivity contribution in [2.75, 3.05) is 0 Å². The van der Waals surface area contributed by atoms with Crippen molar-refractivity contribution in [3.8, 4) is 0 Å². The first-order chi connectivity index (χ1) is 6.97. The molecule has 1 aliphatic rings. The van der Waals surface area contributed by atoms with Gasteiger partial charge in [-0.25, -0.2) is 0 Å². The average molecular weight is 209 g/mol. The fraction of sp³-hybridized carbons (Fsp3) is 0.857. The van der Waals surface area contributed by atoms with Gasteiger partial charge in [-0.1, -0.05) is 31.9 Å². The van der Waals surface area contributed by atoms with E-state index in [1.807, 2.05) is 0 Å². The SMILES string of the molecule is CCC(N)CCC1=C(C)CCCC1(C)C. The lowest BCUT2D eigenvalue weighted by Gasteiger charge is -2.35. The summed E-state index contributed by atoms with van der Waals surface area (Å²) in [6, 6.07) is 0.392. The van der Waals surface area contributed by atoms with Gasteiger partial charge in [0, 0.05) is 6.04 Å². The van der Waals surface area contributed by atoms with E-state index in [2.05, 4.69) is 27.7 Å². The number of nitrogens with two attached hydrogens (primary N) is 1. The molecule has 0 aliphatic heterocycles. The molecule has 0 bridgehead atoms. The van der Waals surface area contributed by atoms with Crippen molar-refractivity contribution in [1.82, 2.24) is 0 Å². The van der Waals surface area contributed by atoms with Crippen LogP contribution in [0.15, 0.2) is 11.1 Å². The summed E-state index contributed by atoms with van der Waals surface area (Å²) < 4.78 is 0. The van der Waals surface area contributed by atoms with Gasteiger partial charge in [-0.05, 0) is 50.9 Å². The first-order valence-electron chi connectivity index (χ1n) is 6.42. The second kappa shape index (κ2) is 5.16. The van der Waals surface area contributed by atoms with Crippen molar-refractivity contribution in [3.05, 3.63) is 11.1 Å². The van der Waals surface area contributed by atoms with Gasteiger partial charge in [0.1, 0.15) is 0 Å². The minimum Gasteiger partial charge on any atom is -0.328 e. The van der Waals surface area contributed by atoms with Crippen LogP contribution in [0, 0.1) is 5.41 Å². The Bertz CT molecular complexity index is 238. The zero-order chi connectivity index (χ0) is 11.5. The van der Waals surface area contributed by atoms with Gasteiger partial charge in [-0.15, -0.1) is 0 Å². The van der Waals surface area contributed by atoms with E-state index < -0.39 is 0 Å². The predicted octanol–water partition coefficient (Wildman–Crippen LogP) is 4.03. The summed E-state index contributed by atoms with van der Waals surface area (Å²) in [6.45, 7) is 9.27. The molecule has 0 saturated heterocycles. The lowest BCUT2D eigenvalue weighted by Crippen LogP contribution is -2.24. The van der Waals surface area contributed by atoms with Crippen LogP contribution in [-0.2, 0) is 0 Å². The van der Waals surface area contributed by atoms with Crippen LogP contribution in [0.3, 0.4) is 0 Å². The monoisotopic (exact) mass is 209 g/mol. The standard InChI is InChI=1S/C14H27N/c1-5-12(15)8-9-13-11(2)7-6-10-14(13,3)4/h12H,5-10,15H2,1-4H3. The maximum absolute atomic E-state index is 6.00. The van der Waals surface area contributed by atoms with Gasteiger partial charge in [0.2, 0.25) is 0 Å². The minimum atomic E-state index is 0.392. The fourth-order valence-electron chi connectivity index (χ4n) is 2.76. The quantitative estimate of drug-likeness (QED) is 0.695. The number of hydrogen-bond acceptors (Lipinski definition) is 1. The zero-order valence-corrected chi connectivity index (χ0v) is 10.9. The Morgan fingerprint density at radius 3 is 2.60 bits per heavy atom. The Morgan fingerprint density at radius 2 is 2.07 bits per heavy atom. The molecule has 1 unspecified atom stereocenters. The first-order valence-corrected chi connectivity index (χ1v) is 6.42. The molecule has 15 heavy (non-hydrogen) atoms. The Labute approximate surface area is 95.1 Å². The van der Waals surface area contributed by atoms with Crippen LogP contribution < -0.4 is 5.73 Å². The summed E-state index contributed by atoms with van der Waals surface area (Å²) in [6.07, 6.45) is 7.50. The molecule has 1 atom stereocenters. The van der Waals surface area contributed by atoms with E-state index in [0.717, 1.165) is 12.8 Å². The molecule has 0 spiro atoms. The number of rotatable bonds is 4. The van der Waals surface area contributed by atoms with Crippen LogP contribution in [0.1, 0.15) is 66.2 Å². The molecule has 0 amide bonds. The van der Waals surface area contributed by atoms with Crippen molar-refractivity contribution in [1.29, 1.82) is 0 Å². The van der Waals surface area contributed by atoms with Crippen LogP contribution in [-0.4, -0.2) is 6.04 Å². The third kappa shape index (κ3) is 3.34. The fourth-order valence-corrected chi connectivity index (χ4v) is 2.76. The maximum atomic E-state index is 6.00. The highest BCUT2D eigenvalue weighted by atomic mass is 14.6. The van der Waals surface area contributed by atoms with Crippen LogP contribution in [0.5, 0.6) is 0 Å². The van der Waals surface area contributed by atoms with Crippen LogP contribution in [0.25, 0.3) is 0 Å². The third-order valence-electron chi connectivity index (χ3n) is 3.98. The van der Waals surface area contributed by atoms with Crippen molar-refractivity contribution in [2.24, 2.45) is 11.1 Å². The second-order valence-corrected chi connectivity index (χ2v) is 5.70. The maximum Gasteiger partial charge on any atom is 0.00392 e. The molecule has 88 valence electrons. The largest absolute Gasteiger partial charge is 0.328 e. The lowest BCUT2D eigenvalue weighted by atomic mass is 9.71. The molecule has 0 heterocycles. The predicted molar refractivity (Wildman–Crippen MR) is 67.8 cm³/mol. The highest BCUT2D eigenvalue weighted by molar-refractivity contribution is 5.22. The summed E-state index contributed by atoms with van der Waals surface area (Å²) in [5.41, 5.74) is 9.75. The minimum absolute atomic E-state index is 0.392. The molecule has 0 saturated carbocycles. The van der Waals surface area contributed by atoms with Gasteiger partial charge < -0.3 is 5.73 Å². The molecule has 0 aromatic carbocycles. The summed E-state index contributed by atoms with van der Waals surface area (Å²) in [7, 11) is 0. The van der Waals surface area contributed by atoms with Gasteiger partial charge in [0.05, 0.1) is 0 Å². The van der Waals surface area contributed by atoms with E-state index in [4.69, 9.17) is 5.73 Å². The highest BCUT2D eigenvalue weighted by Gasteiger charge is 2.27. The number of allylic oxidation sites excluding steroid dienone is 2. The van der Waals surface area contributed by atoms with Crippen molar-refractivity contribution < 1.29 is 0 Å². The summed E-state index contributed by atoms with van der Waals surface area (Å²) in [4.78, 5) is 0. The molecule has 0 aromatic rings. The molecular weight excluding hydrogens is 182 g/mol. The van der Waals surface area contributed by atoms with Gasteiger partial charge in [-0.2, -0.15) is 0 Å². The van der Waals surface area contributed by atoms with Gasteiger partial charge in [-0.3, -0.25) is 0 Å². The van der Waals surface area contributed by atoms with E-state index in [-0.39, 0.29) is 0 Å². The molecule has 1 rings (SSSR count). The number of hydrogen-bond donors (Lipinski definition) is 1. The Hall–Kier alpha value is -0.300. The molecule has 2 N–H and O–H groups in total. The van der Waals surface area contributed by atoms with E-state index in [9.17, 15) is 0 Å². The molecule has 1 aliphatic carbocycles. The van der Waals surface area contributed by atoms with E-state index in [1.54, 1.807) is 11.1 Å². The molecule has 0 radical (unpaired) electrons. The summed E-state index contributed by atoms with van der Waals surface area (Å²) in [5.74, 6) is 0. The highest BCUT2D eigenvalue weighted by Crippen LogP contribution is 2.42. The summed E-state index contributed by atoms with van der Waals surface area (Å²) in [5, 5.41) is 0. The lowest BCUT2D eigenvalue weighted by molar-refractivity contribution is 0.348. The van der Waals surface area contributed by atoms with E-state index in [0.29, 0.717) is 11.5 Å². The van der Waals surface area contributed by atoms with Crippen molar-refractivity contribution in [2.45, 2.75) is 72.3 Å². The molecule has 0 fully saturated rings. The molecule has 1 heteroatoms. The first kappa shape index (κ1) is 12.8. The summed E-state index contributed by atoms with van der Waals surface area (Å²) >= 11 is 0. The smallest absolute Gasteiger partial charge is 0.00392 e. The average Bonchev–Trinajstić information content (AvgIpc) is 2.15. The van der Waals surface area contributed by atoms with Gasteiger partial charge in [0.15, 0.2) is 0 Å². The van der Waals surface area contributed by atoms with Crippen LogP contribution >= 0.6 is 0 Å². The second-order valence-electron chi connectivity index (χ2n) is 5.70. The Morgan fingerprint density at radius 1 is 1.40 bits per heavy atom. The van der Waals surface area contributed by atoms with Crippen molar-refractivity contribution in [3.63, 3.8) is 0 Å². The Kier molecular flexibility index (Phi) is 4.39. The van der Waals surface area contributed by atoms with Crippen LogP contribution in [0.2, 0.25) is 0 Å². The third-order valence-corrected chi connectivity index (χ3v) is 3.98. The molecule has 1 nitrogen and oxygen atoms in total. The molecule has 0 aromatic heterocycles. The van der Waals surface area contributed by atoms with E-state index >= 15 is 0 Å². The zero-order valence-electron chi connectivity index (χ0n) is 10.9. The molecular formula is C14H27N. The van der Waals surface area contributed by atoms with Crippen molar-refractivity contribution >= 4 is 0 Å². The van der Waals surface area contributed by atoms with Crippen LogP contribution in [0.4, 0.5) is 0 Å². The topological polar surface area (TPSA) is 26.0 Å². The van der Waals surface area contributed by atoms with Gasteiger partial charge in [0.25, 0.3) is 0 Å².